The van der Waals surface area contributed by atoms with Gasteiger partial charge in [0.2, 0.25) is 10.0 Å². The van der Waals surface area contributed by atoms with Crippen LogP contribution in [-0.4, -0.2) is 57.8 Å². The lowest BCUT2D eigenvalue weighted by Gasteiger charge is -2.25. The number of nitrogens with one attached hydrogen (secondary N) is 2. The number of likely N-dealkylation sites (N-methyl/N-ethyl adjacent to an activating group) is 1. The van der Waals surface area contributed by atoms with Crippen molar-refractivity contribution < 1.29 is 8.42 Å². The highest BCUT2D eigenvalue weighted by molar-refractivity contribution is 7.89. The highest BCUT2D eigenvalue weighted by Crippen LogP contribution is 2.16. The van der Waals surface area contributed by atoms with Crippen LogP contribution in [0, 0.1) is 5.92 Å². The van der Waals surface area contributed by atoms with Gasteiger partial charge in [0, 0.05) is 12.6 Å². The van der Waals surface area contributed by atoms with E-state index in [1.807, 2.05) is 0 Å². The fourth-order valence-corrected chi connectivity index (χ4v) is 4.67. The average molecular weight is 289 g/mol. The van der Waals surface area contributed by atoms with Crippen LogP contribution in [-0.2, 0) is 10.0 Å². The molecule has 0 bridgehead atoms. The fraction of sp³-hybridized carbons (Fsp3) is 1.00. The fourth-order valence-electron chi connectivity index (χ4n) is 3.20. The van der Waals surface area contributed by atoms with Gasteiger partial charge < -0.3 is 5.32 Å². The summed E-state index contributed by atoms with van der Waals surface area (Å²) in [5.74, 6) is 0.552. The van der Waals surface area contributed by atoms with Gasteiger partial charge in [-0.2, -0.15) is 0 Å². The number of sulfonamides is 1. The number of nitrogens with zero attached hydrogens (tertiary/aromatic N) is 1. The molecule has 2 fully saturated rings. The first-order chi connectivity index (χ1) is 9.11. The minimum Gasteiger partial charge on any atom is -0.316 e. The third kappa shape index (κ3) is 4.70. The smallest absolute Gasteiger partial charge is 0.211 e. The van der Waals surface area contributed by atoms with Crippen LogP contribution in [0.2, 0.25) is 0 Å². The zero-order valence-electron chi connectivity index (χ0n) is 11.9. The van der Waals surface area contributed by atoms with E-state index in [1.165, 1.54) is 6.42 Å². The normalized spacial score (nSPS) is 29.7. The molecule has 0 saturated carbocycles. The Kier molecular flexibility index (Phi) is 5.62. The maximum Gasteiger partial charge on any atom is 0.211 e. The summed E-state index contributed by atoms with van der Waals surface area (Å²) in [6, 6.07) is 0.393. The summed E-state index contributed by atoms with van der Waals surface area (Å²) >= 11 is 0. The van der Waals surface area contributed by atoms with Crippen molar-refractivity contribution in [3.05, 3.63) is 0 Å². The van der Waals surface area contributed by atoms with Crippen LogP contribution in [0.15, 0.2) is 0 Å². The predicted octanol–water partition coefficient (Wildman–Crippen LogP) is 0.390. The van der Waals surface area contributed by atoms with Crippen LogP contribution in [0.4, 0.5) is 0 Å². The van der Waals surface area contributed by atoms with E-state index in [4.69, 9.17) is 0 Å². The molecule has 2 heterocycles. The van der Waals surface area contributed by atoms with E-state index in [0.29, 0.717) is 12.6 Å². The Morgan fingerprint density at radius 3 is 2.84 bits per heavy atom. The molecule has 19 heavy (non-hydrogen) atoms. The van der Waals surface area contributed by atoms with Crippen LogP contribution in [0.1, 0.15) is 32.6 Å². The summed E-state index contributed by atoms with van der Waals surface area (Å²) in [5, 5.41) is 3.27. The lowest BCUT2D eigenvalue weighted by atomic mass is 10.0. The first-order valence-corrected chi connectivity index (χ1v) is 9.18. The maximum absolute atomic E-state index is 12.1. The zero-order chi connectivity index (χ0) is 13.7. The third-order valence-electron chi connectivity index (χ3n) is 4.30. The molecule has 0 aromatic heterocycles. The first-order valence-electron chi connectivity index (χ1n) is 7.53. The molecule has 2 atom stereocenters. The second-order valence-corrected chi connectivity index (χ2v) is 7.62. The Morgan fingerprint density at radius 2 is 2.16 bits per heavy atom. The molecule has 5 nitrogen and oxygen atoms in total. The van der Waals surface area contributed by atoms with Crippen molar-refractivity contribution >= 4 is 10.0 Å². The minimum absolute atomic E-state index is 0.275. The van der Waals surface area contributed by atoms with Crippen molar-refractivity contribution in [2.75, 3.05) is 38.5 Å². The van der Waals surface area contributed by atoms with Crippen molar-refractivity contribution in [1.29, 1.82) is 0 Å². The molecule has 0 aromatic carbocycles. The molecule has 0 spiro atoms. The number of hydrogen-bond donors (Lipinski definition) is 2. The largest absolute Gasteiger partial charge is 0.316 e. The molecule has 2 rings (SSSR count). The Labute approximate surface area is 117 Å². The van der Waals surface area contributed by atoms with E-state index in [2.05, 4.69) is 21.9 Å². The van der Waals surface area contributed by atoms with Gasteiger partial charge in [0.05, 0.1) is 5.75 Å². The maximum atomic E-state index is 12.1. The molecule has 2 N–H and O–H groups in total. The second-order valence-electron chi connectivity index (χ2n) is 5.77. The van der Waals surface area contributed by atoms with Gasteiger partial charge in [-0.25, -0.2) is 13.1 Å². The Morgan fingerprint density at radius 1 is 1.32 bits per heavy atom. The Hall–Kier alpha value is -0.170. The summed E-state index contributed by atoms with van der Waals surface area (Å²) in [6.45, 7) is 6.70. The van der Waals surface area contributed by atoms with Crippen molar-refractivity contribution in [2.24, 2.45) is 5.92 Å². The van der Waals surface area contributed by atoms with E-state index < -0.39 is 10.0 Å². The number of hydrogen-bond acceptors (Lipinski definition) is 4. The predicted molar refractivity (Wildman–Crippen MR) is 77.7 cm³/mol. The zero-order valence-corrected chi connectivity index (χ0v) is 12.7. The monoisotopic (exact) mass is 289 g/mol. The van der Waals surface area contributed by atoms with Crippen LogP contribution in [0.5, 0.6) is 0 Å². The number of rotatable bonds is 6. The standard InChI is InChI=1S/C13H27N3O2S/c1-2-16-8-4-6-13(16)10-15-19(17,18)11-12-5-3-7-14-9-12/h12-15H,2-11H2,1H3. The topological polar surface area (TPSA) is 61.4 Å². The van der Waals surface area contributed by atoms with Gasteiger partial charge in [0.25, 0.3) is 0 Å². The second kappa shape index (κ2) is 7.02. The lowest BCUT2D eigenvalue weighted by Crippen LogP contribution is -2.43. The lowest BCUT2D eigenvalue weighted by molar-refractivity contribution is 0.267. The highest BCUT2D eigenvalue weighted by Gasteiger charge is 2.26. The van der Waals surface area contributed by atoms with Gasteiger partial charge in [-0.1, -0.05) is 6.92 Å². The SMILES string of the molecule is CCN1CCCC1CNS(=O)(=O)CC1CCCNC1. The van der Waals surface area contributed by atoms with Gasteiger partial charge in [0.15, 0.2) is 0 Å². The average Bonchev–Trinajstić information content (AvgIpc) is 2.84. The molecule has 6 heteroatoms. The first kappa shape index (κ1) is 15.2. The van der Waals surface area contributed by atoms with Gasteiger partial charge in [-0.05, 0) is 57.8 Å². The van der Waals surface area contributed by atoms with E-state index >= 15 is 0 Å². The molecular formula is C13H27N3O2S. The molecule has 0 aliphatic carbocycles. The van der Waals surface area contributed by atoms with E-state index in [1.54, 1.807) is 0 Å². The van der Waals surface area contributed by atoms with E-state index in [9.17, 15) is 8.42 Å². The minimum atomic E-state index is -3.12. The summed E-state index contributed by atoms with van der Waals surface area (Å²) < 4.78 is 27.0. The molecule has 2 aliphatic heterocycles. The number of likely N-dealkylation sites (tertiary alicyclic amines) is 1. The van der Waals surface area contributed by atoms with E-state index in [-0.39, 0.29) is 11.7 Å². The Bertz CT molecular complexity index is 366. The van der Waals surface area contributed by atoms with Gasteiger partial charge in [0.1, 0.15) is 0 Å². The third-order valence-corrected chi connectivity index (χ3v) is 5.81. The summed E-state index contributed by atoms with van der Waals surface area (Å²) in [5.41, 5.74) is 0. The quantitative estimate of drug-likeness (QED) is 0.742. The van der Waals surface area contributed by atoms with Crippen LogP contribution >= 0.6 is 0 Å². The summed E-state index contributed by atoms with van der Waals surface area (Å²) in [7, 11) is -3.12. The van der Waals surface area contributed by atoms with Crippen molar-refractivity contribution in [2.45, 2.75) is 38.6 Å². The van der Waals surface area contributed by atoms with E-state index in [0.717, 1.165) is 45.4 Å². The van der Waals surface area contributed by atoms with Crippen LogP contribution in [0.25, 0.3) is 0 Å². The molecule has 2 saturated heterocycles. The molecular weight excluding hydrogens is 262 g/mol. The summed E-state index contributed by atoms with van der Waals surface area (Å²) in [4.78, 5) is 2.37. The van der Waals surface area contributed by atoms with Gasteiger partial charge >= 0.3 is 0 Å². The van der Waals surface area contributed by atoms with Crippen LogP contribution in [0.3, 0.4) is 0 Å². The molecule has 112 valence electrons. The molecule has 0 aromatic rings. The van der Waals surface area contributed by atoms with Crippen molar-refractivity contribution in [3.63, 3.8) is 0 Å². The molecule has 0 amide bonds. The highest BCUT2D eigenvalue weighted by atomic mass is 32.2. The van der Waals surface area contributed by atoms with Gasteiger partial charge in [-0.15, -0.1) is 0 Å². The Balaban J connectivity index is 1.77. The number of piperidine rings is 1. The molecule has 2 aliphatic rings. The van der Waals surface area contributed by atoms with Crippen molar-refractivity contribution in [3.8, 4) is 0 Å². The molecule has 2 unspecified atom stereocenters. The van der Waals surface area contributed by atoms with Gasteiger partial charge in [-0.3, -0.25) is 4.90 Å². The summed E-state index contributed by atoms with van der Waals surface area (Å²) in [6.07, 6.45) is 4.42. The van der Waals surface area contributed by atoms with Crippen LogP contribution < -0.4 is 10.0 Å². The van der Waals surface area contributed by atoms with Crippen molar-refractivity contribution in [1.82, 2.24) is 14.9 Å². The molecule has 0 radical (unpaired) electrons.